The highest BCUT2D eigenvalue weighted by molar-refractivity contribution is 8.00. The zero-order valence-electron chi connectivity index (χ0n) is 14.3. The van der Waals surface area contributed by atoms with Crippen LogP contribution in [0.25, 0.3) is 0 Å². The van der Waals surface area contributed by atoms with Crippen LogP contribution in [-0.2, 0) is 11.3 Å². The Bertz CT molecular complexity index is 911. The van der Waals surface area contributed by atoms with Crippen molar-refractivity contribution in [2.24, 2.45) is 0 Å². The number of nitrogens with one attached hydrogen (secondary N) is 2. The third-order valence-electron chi connectivity index (χ3n) is 3.64. The van der Waals surface area contributed by atoms with Gasteiger partial charge in [-0.25, -0.2) is 0 Å². The molecule has 3 rings (SSSR count). The van der Waals surface area contributed by atoms with E-state index in [-0.39, 0.29) is 17.6 Å². The van der Waals surface area contributed by atoms with Gasteiger partial charge in [-0.3, -0.25) is 9.59 Å². The second-order valence-electron chi connectivity index (χ2n) is 5.62. The van der Waals surface area contributed by atoms with E-state index in [1.807, 2.05) is 30.3 Å². The van der Waals surface area contributed by atoms with E-state index in [1.165, 1.54) is 18.0 Å². The average Bonchev–Trinajstić information content (AvgIpc) is 3.22. The van der Waals surface area contributed by atoms with E-state index >= 15 is 0 Å². The van der Waals surface area contributed by atoms with Crippen molar-refractivity contribution in [2.45, 2.75) is 11.4 Å². The molecule has 3 aromatic rings. The van der Waals surface area contributed by atoms with Gasteiger partial charge in [0.2, 0.25) is 5.91 Å². The van der Waals surface area contributed by atoms with Crippen LogP contribution < -0.4 is 10.6 Å². The largest absolute Gasteiger partial charge is 0.459 e. The maximum Gasteiger partial charge on any atom is 0.291 e. The first-order valence-electron chi connectivity index (χ1n) is 8.19. The molecule has 1 aromatic heterocycles. The average molecular weight is 401 g/mol. The van der Waals surface area contributed by atoms with Crippen LogP contribution in [0.5, 0.6) is 0 Å². The standard InChI is InChI=1S/C20H17ClN2O3S/c21-16-4-1-2-6-18(16)27-13-19(24)22-12-14-7-9-15(10-8-14)23-20(25)17-5-3-11-26-17/h1-11H,12-13H2,(H,22,24)(H,23,25). The highest BCUT2D eigenvalue weighted by atomic mass is 35.5. The summed E-state index contributed by atoms with van der Waals surface area (Å²) in [5.74, 6) is 0.163. The number of furan rings is 1. The third-order valence-corrected chi connectivity index (χ3v) is 5.16. The van der Waals surface area contributed by atoms with Crippen molar-refractivity contribution in [3.63, 3.8) is 0 Å². The Balaban J connectivity index is 1.45. The molecule has 1 heterocycles. The topological polar surface area (TPSA) is 71.3 Å². The fourth-order valence-electron chi connectivity index (χ4n) is 2.26. The normalized spacial score (nSPS) is 10.4. The predicted molar refractivity (Wildman–Crippen MR) is 107 cm³/mol. The molecule has 0 spiro atoms. The Morgan fingerprint density at radius 1 is 1.00 bits per heavy atom. The van der Waals surface area contributed by atoms with Crippen LogP contribution in [0.4, 0.5) is 5.69 Å². The van der Waals surface area contributed by atoms with Gasteiger partial charge in [0.05, 0.1) is 17.0 Å². The fourth-order valence-corrected chi connectivity index (χ4v) is 3.33. The molecule has 0 aliphatic carbocycles. The smallest absolute Gasteiger partial charge is 0.291 e. The van der Waals surface area contributed by atoms with Crippen LogP contribution in [0.2, 0.25) is 5.02 Å². The molecule has 0 aliphatic heterocycles. The SMILES string of the molecule is O=C(CSc1ccccc1Cl)NCc1ccc(NC(=O)c2ccco2)cc1. The van der Waals surface area contributed by atoms with Gasteiger partial charge in [0.15, 0.2) is 5.76 Å². The summed E-state index contributed by atoms with van der Waals surface area (Å²) in [5, 5.41) is 6.25. The van der Waals surface area contributed by atoms with Crippen LogP contribution in [0, 0.1) is 0 Å². The molecule has 2 N–H and O–H groups in total. The number of hydrogen-bond donors (Lipinski definition) is 2. The number of rotatable bonds is 7. The molecule has 0 radical (unpaired) electrons. The minimum Gasteiger partial charge on any atom is -0.459 e. The number of benzene rings is 2. The lowest BCUT2D eigenvalue weighted by atomic mass is 10.2. The molecule has 0 aliphatic rings. The van der Waals surface area contributed by atoms with Crippen LogP contribution in [0.3, 0.4) is 0 Å². The number of thioether (sulfide) groups is 1. The predicted octanol–water partition coefficient (Wildman–Crippen LogP) is 4.59. The monoisotopic (exact) mass is 400 g/mol. The lowest BCUT2D eigenvalue weighted by Gasteiger charge is -2.08. The lowest BCUT2D eigenvalue weighted by Crippen LogP contribution is -2.24. The van der Waals surface area contributed by atoms with E-state index in [0.717, 1.165) is 10.5 Å². The second kappa shape index (κ2) is 9.30. The minimum atomic E-state index is -0.308. The molecule has 138 valence electrons. The summed E-state index contributed by atoms with van der Waals surface area (Å²) < 4.78 is 5.05. The molecule has 0 unspecified atom stereocenters. The van der Waals surface area contributed by atoms with Gasteiger partial charge in [0, 0.05) is 17.1 Å². The Labute approximate surface area is 166 Å². The van der Waals surface area contributed by atoms with Gasteiger partial charge < -0.3 is 15.1 Å². The van der Waals surface area contributed by atoms with Crippen LogP contribution in [0.15, 0.2) is 76.2 Å². The highest BCUT2D eigenvalue weighted by Gasteiger charge is 2.09. The summed E-state index contributed by atoms with van der Waals surface area (Å²) >= 11 is 7.47. The molecule has 0 saturated carbocycles. The first-order chi connectivity index (χ1) is 13.1. The third kappa shape index (κ3) is 5.64. The van der Waals surface area contributed by atoms with Gasteiger partial charge in [-0.2, -0.15) is 0 Å². The summed E-state index contributed by atoms with van der Waals surface area (Å²) in [5.41, 5.74) is 1.59. The molecule has 2 amide bonds. The summed E-state index contributed by atoms with van der Waals surface area (Å²) in [4.78, 5) is 24.8. The van der Waals surface area contributed by atoms with Gasteiger partial charge in [-0.15, -0.1) is 11.8 Å². The summed E-state index contributed by atoms with van der Waals surface area (Å²) in [6.07, 6.45) is 1.45. The van der Waals surface area contributed by atoms with E-state index in [9.17, 15) is 9.59 Å². The quantitative estimate of drug-likeness (QED) is 0.569. The van der Waals surface area contributed by atoms with Crippen molar-refractivity contribution >= 4 is 40.9 Å². The molecular formula is C20H17ClN2O3S. The Morgan fingerprint density at radius 3 is 2.48 bits per heavy atom. The number of hydrogen-bond acceptors (Lipinski definition) is 4. The van der Waals surface area contributed by atoms with Crippen molar-refractivity contribution in [1.29, 1.82) is 0 Å². The van der Waals surface area contributed by atoms with Gasteiger partial charge in [-0.05, 0) is 42.0 Å². The highest BCUT2D eigenvalue weighted by Crippen LogP contribution is 2.26. The summed E-state index contributed by atoms with van der Waals surface area (Å²) in [6, 6.07) is 17.9. The fraction of sp³-hybridized carbons (Fsp3) is 0.100. The number of anilines is 1. The Kier molecular flexibility index (Phi) is 6.57. The van der Waals surface area contributed by atoms with E-state index in [0.29, 0.717) is 23.0 Å². The molecule has 0 bridgehead atoms. The molecule has 0 fully saturated rings. The molecule has 0 atom stereocenters. The number of carbonyl (C=O) groups is 2. The number of amides is 2. The van der Waals surface area contributed by atoms with Gasteiger partial charge in [0.25, 0.3) is 5.91 Å². The van der Waals surface area contributed by atoms with Crippen molar-refractivity contribution in [3.8, 4) is 0 Å². The number of carbonyl (C=O) groups excluding carboxylic acids is 2. The second-order valence-corrected chi connectivity index (χ2v) is 7.05. The molecule has 2 aromatic carbocycles. The molecule has 27 heavy (non-hydrogen) atoms. The zero-order chi connectivity index (χ0) is 19.1. The van der Waals surface area contributed by atoms with Crippen LogP contribution >= 0.6 is 23.4 Å². The van der Waals surface area contributed by atoms with Crippen LogP contribution in [-0.4, -0.2) is 17.6 Å². The van der Waals surface area contributed by atoms with Crippen molar-refractivity contribution in [3.05, 3.63) is 83.3 Å². The first kappa shape index (κ1) is 19.1. The minimum absolute atomic E-state index is 0.0740. The first-order valence-corrected chi connectivity index (χ1v) is 9.56. The molecule has 7 heteroatoms. The van der Waals surface area contributed by atoms with E-state index in [2.05, 4.69) is 10.6 Å². The lowest BCUT2D eigenvalue weighted by molar-refractivity contribution is -0.118. The Morgan fingerprint density at radius 2 is 1.78 bits per heavy atom. The molecule has 5 nitrogen and oxygen atoms in total. The van der Waals surface area contributed by atoms with Gasteiger partial charge >= 0.3 is 0 Å². The zero-order valence-corrected chi connectivity index (χ0v) is 15.8. The van der Waals surface area contributed by atoms with Crippen molar-refractivity contribution in [2.75, 3.05) is 11.1 Å². The van der Waals surface area contributed by atoms with Crippen molar-refractivity contribution < 1.29 is 14.0 Å². The van der Waals surface area contributed by atoms with E-state index in [4.69, 9.17) is 16.0 Å². The number of halogens is 1. The Hall–Kier alpha value is -2.70. The van der Waals surface area contributed by atoms with Crippen LogP contribution in [0.1, 0.15) is 16.1 Å². The van der Waals surface area contributed by atoms with Gasteiger partial charge in [0.1, 0.15) is 0 Å². The maximum atomic E-state index is 12.0. The molecule has 0 saturated heterocycles. The molecular weight excluding hydrogens is 384 g/mol. The van der Waals surface area contributed by atoms with E-state index in [1.54, 1.807) is 30.3 Å². The summed E-state index contributed by atoms with van der Waals surface area (Å²) in [6.45, 7) is 0.411. The van der Waals surface area contributed by atoms with Gasteiger partial charge in [-0.1, -0.05) is 35.9 Å². The summed E-state index contributed by atoms with van der Waals surface area (Å²) in [7, 11) is 0. The van der Waals surface area contributed by atoms with E-state index < -0.39 is 0 Å². The maximum absolute atomic E-state index is 12.0. The van der Waals surface area contributed by atoms with Crippen molar-refractivity contribution in [1.82, 2.24) is 5.32 Å².